The van der Waals surface area contributed by atoms with Gasteiger partial charge in [-0.25, -0.2) is 13.1 Å². The van der Waals surface area contributed by atoms with Crippen LogP contribution in [0.4, 0.5) is 0 Å². The van der Waals surface area contributed by atoms with E-state index in [-0.39, 0.29) is 17.5 Å². The molecule has 0 amide bonds. The highest BCUT2D eigenvalue weighted by atomic mass is 32.2. The molecule has 1 aliphatic carbocycles. The first kappa shape index (κ1) is 20.7. The highest BCUT2D eigenvalue weighted by Gasteiger charge is 2.32. The molecule has 2 fully saturated rings. The summed E-state index contributed by atoms with van der Waals surface area (Å²) in [5, 5.41) is 9.48. The molecule has 1 saturated heterocycles. The highest BCUT2D eigenvalue weighted by Crippen LogP contribution is 2.39. The second-order valence-electron chi connectivity index (χ2n) is 8.47. The van der Waals surface area contributed by atoms with Crippen LogP contribution in [0.5, 0.6) is 0 Å². The Morgan fingerprint density at radius 3 is 2.52 bits per heavy atom. The molecule has 0 radical (unpaired) electrons. The van der Waals surface area contributed by atoms with Crippen LogP contribution >= 0.6 is 12.2 Å². The van der Waals surface area contributed by atoms with Crippen molar-refractivity contribution in [1.82, 2.24) is 29.0 Å². The van der Waals surface area contributed by atoms with E-state index in [0.717, 1.165) is 40.6 Å². The summed E-state index contributed by atoms with van der Waals surface area (Å²) in [5.74, 6) is 2.13. The molecule has 8 nitrogen and oxygen atoms in total. The average molecular weight is 439 g/mol. The van der Waals surface area contributed by atoms with Gasteiger partial charge in [-0.15, -0.1) is 0 Å². The van der Waals surface area contributed by atoms with E-state index in [1.165, 1.54) is 12.8 Å². The average Bonchev–Trinajstić information content (AvgIpc) is 3.30. The van der Waals surface area contributed by atoms with Crippen LogP contribution in [0.15, 0.2) is 0 Å². The number of aryl methyl sites for hydroxylation is 1. The fourth-order valence-electron chi connectivity index (χ4n) is 4.29. The molecular weight excluding hydrogens is 408 g/mol. The van der Waals surface area contributed by atoms with Gasteiger partial charge in [0.05, 0.1) is 29.9 Å². The van der Waals surface area contributed by atoms with E-state index in [1.54, 1.807) is 0 Å². The molecule has 0 aromatic carbocycles. The Morgan fingerprint density at radius 2 is 1.93 bits per heavy atom. The Balaban J connectivity index is 1.51. The number of hydrogen-bond acceptors (Lipinski definition) is 6. The highest BCUT2D eigenvalue weighted by molar-refractivity contribution is 7.91. The second-order valence-corrected chi connectivity index (χ2v) is 11.1. The number of aromatic nitrogens is 5. The molecule has 0 bridgehead atoms. The molecule has 1 unspecified atom stereocenters. The maximum Gasteiger partial charge on any atom is 0.199 e. The Bertz CT molecular complexity index is 1080. The molecule has 3 heterocycles. The predicted octanol–water partition coefficient (Wildman–Crippen LogP) is 2.57. The Labute approximate surface area is 177 Å². The van der Waals surface area contributed by atoms with E-state index >= 15 is 0 Å². The molecule has 2 aromatic rings. The van der Waals surface area contributed by atoms with Gasteiger partial charge in [0.15, 0.2) is 14.6 Å². The van der Waals surface area contributed by atoms with E-state index in [1.807, 2.05) is 23.2 Å². The van der Waals surface area contributed by atoms with E-state index in [0.29, 0.717) is 19.0 Å². The summed E-state index contributed by atoms with van der Waals surface area (Å²) in [5.41, 5.74) is 3.17. The first-order valence-corrected chi connectivity index (χ1v) is 12.5. The quantitative estimate of drug-likeness (QED) is 0.619. The third-order valence-electron chi connectivity index (χ3n) is 6.04. The zero-order chi connectivity index (χ0) is 20.9. The van der Waals surface area contributed by atoms with Crippen LogP contribution in [-0.4, -0.2) is 56.0 Å². The molecule has 0 spiro atoms. The predicted molar refractivity (Wildman–Crippen MR) is 114 cm³/mol. The van der Waals surface area contributed by atoms with Crippen LogP contribution in [-0.2, 0) is 29.6 Å². The lowest BCUT2D eigenvalue weighted by atomic mass is 10.2. The minimum Gasteiger partial charge on any atom is -0.304 e. The third-order valence-corrected chi connectivity index (χ3v) is 8.22. The molecule has 10 heteroatoms. The maximum absolute atomic E-state index is 11.9. The van der Waals surface area contributed by atoms with Crippen LogP contribution in [0, 0.1) is 18.6 Å². The minimum atomic E-state index is -2.94. The van der Waals surface area contributed by atoms with E-state index in [2.05, 4.69) is 28.5 Å². The van der Waals surface area contributed by atoms with Crippen LogP contribution in [0.25, 0.3) is 0 Å². The Hall–Kier alpha value is -1.52. The molecule has 29 heavy (non-hydrogen) atoms. The van der Waals surface area contributed by atoms with Gasteiger partial charge in [0, 0.05) is 30.3 Å². The van der Waals surface area contributed by atoms with Crippen molar-refractivity contribution in [2.24, 2.45) is 0 Å². The van der Waals surface area contributed by atoms with Crippen molar-refractivity contribution in [1.29, 1.82) is 0 Å². The van der Waals surface area contributed by atoms with Gasteiger partial charge in [0.2, 0.25) is 0 Å². The van der Waals surface area contributed by atoms with Crippen LogP contribution < -0.4 is 0 Å². The lowest BCUT2D eigenvalue weighted by Crippen LogP contribution is -2.23. The monoisotopic (exact) mass is 438 g/mol. The van der Waals surface area contributed by atoms with Crippen molar-refractivity contribution >= 4 is 22.1 Å². The lowest BCUT2D eigenvalue weighted by molar-refractivity contribution is 0.242. The van der Waals surface area contributed by atoms with Crippen molar-refractivity contribution in [2.45, 2.75) is 71.8 Å². The smallest absolute Gasteiger partial charge is 0.199 e. The molecule has 4 rings (SSSR count). The molecule has 1 atom stereocenters. The van der Waals surface area contributed by atoms with Crippen LogP contribution in [0.2, 0.25) is 0 Å². The number of sulfone groups is 1. The molecule has 2 aliphatic rings. The summed E-state index contributed by atoms with van der Waals surface area (Å²) in [6, 6.07) is -0.0484. The summed E-state index contributed by atoms with van der Waals surface area (Å²) < 4.78 is 30.5. The lowest BCUT2D eigenvalue weighted by Gasteiger charge is -2.17. The summed E-state index contributed by atoms with van der Waals surface area (Å²) in [7, 11) is -0.880. The number of rotatable bonds is 7. The molecule has 160 valence electrons. The zero-order valence-electron chi connectivity index (χ0n) is 17.6. The van der Waals surface area contributed by atoms with Crippen molar-refractivity contribution in [3.05, 3.63) is 27.5 Å². The van der Waals surface area contributed by atoms with E-state index in [4.69, 9.17) is 17.3 Å². The van der Waals surface area contributed by atoms with Gasteiger partial charge in [-0.05, 0) is 59.3 Å². The summed E-state index contributed by atoms with van der Waals surface area (Å²) in [6.45, 7) is 8.34. The zero-order valence-corrected chi connectivity index (χ0v) is 19.3. The SMILES string of the molecule is CCn1c(C2CC2)nn(CN(C)Cc2c(C)nn(C3CCS(=O)(=O)C3)c2C)c1=S. The van der Waals surface area contributed by atoms with Gasteiger partial charge in [0.25, 0.3) is 0 Å². The summed E-state index contributed by atoms with van der Waals surface area (Å²) >= 11 is 5.66. The topological polar surface area (TPSA) is 78.0 Å². The van der Waals surface area contributed by atoms with Crippen molar-refractivity contribution < 1.29 is 8.42 Å². The Morgan fingerprint density at radius 1 is 1.21 bits per heavy atom. The normalized spacial score (nSPS) is 21.3. The summed E-state index contributed by atoms with van der Waals surface area (Å²) in [6.07, 6.45) is 3.05. The number of hydrogen-bond donors (Lipinski definition) is 0. The van der Waals surface area contributed by atoms with Crippen molar-refractivity contribution in [3.8, 4) is 0 Å². The number of nitrogens with zero attached hydrogens (tertiary/aromatic N) is 6. The van der Waals surface area contributed by atoms with Gasteiger partial charge in [-0.2, -0.15) is 10.2 Å². The van der Waals surface area contributed by atoms with Crippen molar-refractivity contribution in [2.75, 3.05) is 18.6 Å². The van der Waals surface area contributed by atoms with E-state index < -0.39 is 9.84 Å². The van der Waals surface area contributed by atoms with Crippen molar-refractivity contribution in [3.63, 3.8) is 0 Å². The van der Waals surface area contributed by atoms with Gasteiger partial charge >= 0.3 is 0 Å². The first-order valence-electron chi connectivity index (χ1n) is 10.3. The second kappa shape index (κ2) is 7.63. The van der Waals surface area contributed by atoms with E-state index in [9.17, 15) is 8.42 Å². The third kappa shape index (κ3) is 4.06. The molecule has 0 N–H and O–H groups in total. The fourth-order valence-corrected chi connectivity index (χ4v) is 6.30. The van der Waals surface area contributed by atoms with Gasteiger partial charge < -0.3 is 4.57 Å². The van der Waals surface area contributed by atoms with Gasteiger partial charge in [-0.1, -0.05) is 0 Å². The largest absolute Gasteiger partial charge is 0.304 e. The minimum absolute atomic E-state index is 0.0484. The molecule has 1 aliphatic heterocycles. The molecule has 1 saturated carbocycles. The standard InChI is InChI=1S/C19H30N6O2S2/c1-5-23-18(15-6-7-15)21-24(19(23)28)12-22(4)10-17-13(2)20-25(14(17)3)16-8-9-29(26,27)11-16/h15-16H,5-12H2,1-4H3. The molecular formula is C19H30N6O2S2. The summed E-state index contributed by atoms with van der Waals surface area (Å²) in [4.78, 5) is 2.19. The van der Waals surface area contributed by atoms with Crippen LogP contribution in [0.1, 0.15) is 60.9 Å². The Kier molecular flexibility index (Phi) is 5.45. The first-order chi connectivity index (χ1) is 13.7. The van der Waals surface area contributed by atoms with Gasteiger partial charge in [-0.3, -0.25) is 9.58 Å². The molecule has 2 aromatic heterocycles. The van der Waals surface area contributed by atoms with Crippen LogP contribution in [0.3, 0.4) is 0 Å². The fraction of sp³-hybridized carbons (Fsp3) is 0.737. The van der Waals surface area contributed by atoms with Gasteiger partial charge in [0.1, 0.15) is 5.82 Å². The maximum atomic E-state index is 11.9.